The van der Waals surface area contributed by atoms with Gasteiger partial charge < -0.3 is 10.4 Å². The molecule has 0 radical (unpaired) electrons. The SMILES string of the molecule is CS(=O)(=O)c1ccc(C2CC(C(=O)O)CN2)cc1S(C)(=O)=O. The fraction of sp³-hybridized carbons (Fsp3) is 0.462. The van der Waals surface area contributed by atoms with Crippen LogP contribution >= 0.6 is 0 Å². The Morgan fingerprint density at radius 2 is 1.73 bits per heavy atom. The molecule has 1 saturated heterocycles. The van der Waals surface area contributed by atoms with E-state index in [1.807, 2.05) is 0 Å². The molecule has 7 nitrogen and oxygen atoms in total. The van der Waals surface area contributed by atoms with Crippen LogP contribution in [0, 0.1) is 5.92 Å². The highest BCUT2D eigenvalue weighted by atomic mass is 32.2. The van der Waals surface area contributed by atoms with E-state index < -0.39 is 31.6 Å². The van der Waals surface area contributed by atoms with Crippen LogP contribution < -0.4 is 5.32 Å². The topological polar surface area (TPSA) is 118 Å². The lowest BCUT2D eigenvalue weighted by Gasteiger charge is -2.14. The van der Waals surface area contributed by atoms with Crippen LogP contribution in [0.3, 0.4) is 0 Å². The number of sulfone groups is 2. The van der Waals surface area contributed by atoms with Crippen LogP contribution in [-0.2, 0) is 24.5 Å². The van der Waals surface area contributed by atoms with Crippen LogP contribution in [0.4, 0.5) is 0 Å². The maximum absolute atomic E-state index is 11.9. The summed E-state index contributed by atoms with van der Waals surface area (Å²) in [5, 5.41) is 12.0. The number of hydrogen-bond donors (Lipinski definition) is 2. The van der Waals surface area contributed by atoms with Gasteiger partial charge in [-0.3, -0.25) is 4.79 Å². The van der Waals surface area contributed by atoms with Gasteiger partial charge in [0.15, 0.2) is 19.7 Å². The van der Waals surface area contributed by atoms with Gasteiger partial charge in [-0.15, -0.1) is 0 Å². The van der Waals surface area contributed by atoms with E-state index in [0.717, 1.165) is 12.5 Å². The maximum atomic E-state index is 11.9. The molecule has 0 saturated carbocycles. The number of hydrogen-bond acceptors (Lipinski definition) is 6. The van der Waals surface area contributed by atoms with Crippen LogP contribution in [0.1, 0.15) is 18.0 Å². The van der Waals surface area contributed by atoms with E-state index in [2.05, 4.69) is 5.32 Å². The monoisotopic (exact) mass is 347 g/mol. The van der Waals surface area contributed by atoms with Gasteiger partial charge in [0.1, 0.15) is 0 Å². The summed E-state index contributed by atoms with van der Waals surface area (Å²) in [5.74, 6) is -1.45. The second-order valence-corrected chi connectivity index (χ2v) is 9.45. The number of benzene rings is 1. The zero-order valence-electron chi connectivity index (χ0n) is 12.1. The number of rotatable bonds is 4. The van der Waals surface area contributed by atoms with Crippen molar-refractivity contribution in [2.75, 3.05) is 19.1 Å². The van der Waals surface area contributed by atoms with Crippen molar-refractivity contribution >= 4 is 25.6 Å². The van der Waals surface area contributed by atoms with Crippen molar-refractivity contribution in [2.45, 2.75) is 22.3 Å². The first-order valence-corrected chi connectivity index (χ1v) is 10.3. The average molecular weight is 347 g/mol. The van der Waals surface area contributed by atoms with E-state index >= 15 is 0 Å². The number of carboxylic acid groups (broad SMARTS) is 1. The fourth-order valence-electron chi connectivity index (χ4n) is 2.52. The molecule has 9 heteroatoms. The van der Waals surface area contributed by atoms with Gasteiger partial charge in [0.2, 0.25) is 0 Å². The molecule has 122 valence electrons. The van der Waals surface area contributed by atoms with Gasteiger partial charge in [-0.05, 0) is 24.1 Å². The summed E-state index contributed by atoms with van der Waals surface area (Å²) in [6.07, 6.45) is 2.23. The van der Waals surface area contributed by atoms with E-state index in [1.54, 1.807) is 0 Å². The fourth-order valence-corrected chi connectivity index (χ4v) is 4.95. The van der Waals surface area contributed by atoms with Crippen molar-refractivity contribution in [3.8, 4) is 0 Å². The summed E-state index contributed by atoms with van der Waals surface area (Å²) in [6.45, 7) is 0.294. The largest absolute Gasteiger partial charge is 0.481 e. The van der Waals surface area contributed by atoms with Crippen LogP contribution in [-0.4, -0.2) is 47.0 Å². The molecule has 0 aromatic heterocycles. The Hall–Kier alpha value is -1.45. The zero-order valence-corrected chi connectivity index (χ0v) is 13.7. The lowest BCUT2D eigenvalue weighted by Crippen LogP contribution is -2.17. The first-order chi connectivity index (χ1) is 10.00. The number of carboxylic acids is 1. The van der Waals surface area contributed by atoms with E-state index in [0.29, 0.717) is 18.5 Å². The lowest BCUT2D eigenvalue weighted by molar-refractivity contribution is -0.141. The molecule has 2 atom stereocenters. The Bertz CT molecular complexity index is 813. The minimum Gasteiger partial charge on any atom is -0.481 e. The van der Waals surface area contributed by atoms with Gasteiger partial charge in [-0.2, -0.15) is 0 Å². The highest BCUT2D eigenvalue weighted by Gasteiger charge is 2.31. The number of aliphatic carboxylic acids is 1. The van der Waals surface area contributed by atoms with Crippen LogP contribution in [0.15, 0.2) is 28.0 Å². The molecular formula is C13H17NO6S2. The highest BCUT2D eigenvalue weighted by molar-refractivity contribution is 7.93. The molecule has 1 fully saturated rings. The quantitative estimate of drug-likeness (QED) is 0.800. The van der Waals surface area contributed by atoms with Crippen molar-refractivity contribution in [3.63, 3.8) is 0 Å². The van der Waals surface area contributed by atoms with Gasteiger partial charge in [0, 0.05) is 25.1 Å². The standard InChI is InChI=1S/C13H17NO6S2/c1-21(17,18)11-4-3-8(6-12(11)22(2,19)20)10-5-9(7-14-10)13(15)16/h3-4,6,9-10,14H,5,7H2,1-2H3,(H,15,16). The number of carbonyl (C=O) groups is 1. The zero-order chi connectivity index (χ0) is 16.7. The van der Waals surface area contributed by atoms with Crippen molar-refractivity contribution < 1.29 is 26.7 Å². The van der Waals surface area contributed by atoms with E-state index in [-0.39, 0.29) is 15.8 Å². The summed E-state index contributed by atoms with van der Waals surface area (Å²) in [6, 6.07) is 3.78. The lowest BCUT2D eigenvalue weighted by atomic mass is 10.0. The first-order valence-electron chi connectivity index (χ1n) is 6.50. The Labute approximate surface area is 129 Å². The third kappa shape index (κ3) is 3.47. The third-order valence-electron chi connectivity index (χ3n) is 3.65. The summed E-state index contributed by atoms with van der Waals surface area (Å²) in [5.41, 5.74) is 0.566. The molecule has 2 rings (SSSR count). The number of nitrogens with one attached hydrogen (secondary N) is 1. The molecule has 1 aliphatic heterocycles. The second kappa shape index (κ2) is 5.64. The maximum Gasteiger partial charge on any atom is 0.307 e. The predicted molar refractivity (Wildman–Crippen MR) is 79.1 cm³/mol. The summed E-state index contributed by atoms with van der Waals surface area (Å²) in [7, 11) is -7.40. The average Bonchev–Trinajstić information content (AvgIpc) is 2.85. The minimum atomic E-state index is -3.72. The molecule has 2 N–H and O–H groups in total. The molecule has 1 aliphatic rings. The van der Waals surface area contributed by atoms with E-state index in [9.17, 15) is 21.6 Å². The Morgan fingerprint density at radius 3 is 2.18 bits per heavy atom. The van der Waals surface area contributed by atoms with Gasteiger partial charge in [0.05, 0.1) is 15.7 Å². The van der Waals surface area contributed by atoms with Crippen LogP contribution in [0.5, 0.6) is 0 Å². The third-order valence-corrected chi connectivity index (χ3v) is 6.07. The molecule has 0 bridgehead atoms. The molecule has 22 heavy (non-hydrogen) atoms. The molecular weight excluding hydrogens is 330 g/mol. The highest BCUT2D eigenvalue weighted by Crippen LogP contribution is 2.31. The van der Waals surface area contributed by atoms with Crippen molar-refractivity contribution in [1.29, 1.82) is 0 Å². The molecule has 1 aromatic rings. The first kappa shape index (κ1) is 16.9. The summed E-state index contributed by atoms with van der Waals surface area (Å²) in [4.78, 5) is 10.5. The Balaban J connectivity index is 2.47. The van der Waals surface area contributed by atoms with Crippen molar-refractivity contribution in [1.82, 2.24) is 5.32 Å². The predicted octanol–water partition coefficient (Wildman–Crippen LogP) is 0.229. The molecule has 0 amide bonds. The van der Waals surface area contributed by atoms with Gasteiger partial charge in [-0.1, -0.05) is 6.07 Å². The smallest absolute Gasteiger partial charge is 0.307 e. The molecule has 2 unspecified atom stereocenters. The van der Waals surface area contributed by atoms with E-state index in [1.165, 1.54) is 18.2 Å². The minimum absolute atomic E-state index is 0.244. The normalized spacial score (nSPS) is 22.6. The van der Waals surface area contributed by atoms with Gasteiger partial charge in [-0.25, -0.2) is 16.8 Å². The van der Waals surface area contributed by atoms with E-state index in [4.69, 9.17) is 5.11 Å². The Kier molecular flexibility index (Phi) is 4.33. The Morgan fingerprint density at radius 1 is 1.14 bits per heavy atom. The van der Waals surface area contributed by atoms with Gasteiger partial charge >= 0.3 is 5.97 Å². The summed E-state index contributed by atoms with van der Waals surface area (Å²) < 4.78 is 47.2. The van der Waals surface area contributed by atoms with Gasteiger partial charge in [0.25, 0.3) is 0 Å². The summed E-state index contributed by atoms with van der Waals surface area (Å²) >= 11 is 0. The van der Waals surface area contributed by atoms with Crippen molar-refractivity contribution in [3.05, 3.63) is 23.8 Å². The second-order valence-electron chi connectivity index (χ2n) is 5.48. The van der Waals surface area contributed by atoms with Crippen LogP contribution in [0.25, 0.3) is 0 Å². The van der Waals surface area contributed by atoms with Crippen LogP contribution in [0.2, 0.25) is 0 Å². The molecule has 0 aliphatic carbocycles. The van der Waals surface area contributed by atoms with Crippen molar-refractivity contribution in [2.24, 2.45) is 5.92 Å². The molecule has 1 aromatic carbocycles. The molecule has 1 heterocycles. The molecule has 0 spiro atoms.